The lowest BCUT2D eigenvalue weighted by atomic mass is 10.2. The molecule has 2 aromatic rings. The molecule has 0 spiro atoms. The number of morpholine rings is 1. The summed E-state index contributed by atoms with van der Waals surface area (Å²) >= 11 is 1.50. The number of carbonyl (C=O) groups is 2. The molecule has 0 aromatic carbocycles. The number of aromatic nitrogens is 2. The van der Waals surface area contributed by atoms with Crippen molar-refractivity contribution < 1.29 is 19.4 Å². The maximum atomic E-state index is 12.8. The predicted molar refractivity (Wildman–Crippen MR) is 84.2 cm³/mol. The Labute approximate surface area is 137 Å². The normalized spacial score (nSPS) is 18.2. The molecule has 1 fully saturated rings. The summed E-state index contributed by atoms with van der Waals surface area (Å²) in [6.45, 7) is 4.48. The number of rotatable bonds is 3. The van der Waals surface area contributed by atoms with Crippen LogP contribution in [0.15, 0.2) is 17.6 Å². The number of hydrogen-bond donors (Lipinski definition) is 1. The topological polar surface area (TPSA) is 84.7 Å². The largest absolute Gasteiger partial charge is 0.479 e. The van der Waals surface area contributed by atoms with Crippen molar-refractivity contribution in [2.45, 2.75) is 20.0 Å². The first kappa shape index (κ1) is 15.7. The maximum Gasteiger partial charge on any atom is 0.334 e. The van der Waals surface area contributed by atoms with Gasteiger partial charge in [-0.1, -0.05) is 0 Å². The van der Waals surface area contributed by atoms with Gasteiger partial charge in [0.05, 0.1) is 18.7 Å². The van der Waals surface area contributed by atoms with Crippen LogP contribution in [-0.4, -0.2) is 57.2 Å². The van der Waals surface area contributed by atoms with Gasteiger partial charge in [-0.15, -0.1) is 11.3 Å². The van der Waals surface area contributed by atoms with E-state index in [-0.39, 0.29) is 19.1 Å². The van der Waals surface area contributed by atoms with Gasteiger partial charge < -0.3 is 14.7 Å². The van der Waals surface area contributed by atoms with Crippen LogP contribution in [0.4, 0.5) is 0 Å². The number of carboxylic acid groups (broad SMARTS) is 1. The Bertz CT molecular complexity index is 738. The molecule has 0 radical (unpaired) electrons. The molecule has 1 unspecified atom stereocenters. The third kappa shape index (κ3) is 2.87. The summed E-state index contributed by atoms with van der Waals surface area (Å²) in [6, 6.07) is 1.82. The van der Waals surface area contributed by atoms with E-state index in [1.165, 1.54) is 16.2 Å². The lowest BCUT2D eigenvalue weighted by Gasteiger charge is -2.30. The van der Waals surface area contributed by atoms with Crippen molar-refractivity contribution in [1.29, 1.82) is 0 Å². The van der Waals surface area contributed by atoms with Crippen molar-refractivity contribution in [2.24, 2.45) is 0 Å². The summed E-state index contributed by atoms with van der Waals surface area (Å²) in [7, 11) is 0. The molecule has 1 aliphatic rings. The van der Waals surface area contributed by atoms with E-state index in [0.29, 0.717) is 12.1 Å². The highest BCUT2D eigenvalue weighted by molar-refractivity contribution is 7.12. The minimum absolute atomic E-state index is 0.0646. The van der Waals surface area contributed by atoms with Gasteiger partial charge in [0.15, 0.2) is 11.2 Å². The molecule has 122 valence electrons. The Morgan fingerprint density at radius 2 is 2.22 bits per heavy atom. The molecular formula is C15H17N3O4S. The van der Waals surface area contributed by atoms with Gasteiger partial charge in [-0.25, -0.2) is 9.78 Å². The first-order valence-electron chi connectivity index (χ1n) is 7.21. The van der Waals surface area contributed by atoms with E-state index in [0.717, 1.165) is 16.5 Å². The van der Waals surface area contributed by atoms with Crippen molar-refractivity contribution in [3.8, 4) is 5.13 Å². The SMILES string of the molecule is Cc1cc(C(=O)N2CCOC(C(=O)O)C2)c(C)n1-c1nccs1. The third-order valence-corrected chi connectivity index (χ3v) is 4.66. The van der Waals surface area contributed by atoms with E-state index in [1.807, 2.05) is 29.9 Å². The molecule has 1 atom stereocenters. The zero-order valence-electron chi connectivity index (χ0n) is 12.9. The maximum absolute atomic E-state index is 12.8. The van der Waals surface area contributed by atoms with Crippen LogP contribution >= 0.6 is 11.3 Å². The van der Waals surface area contributed by atoms with Gasteiger partial charge in [-0.05, 0) is 19.9 Å². The molecule has 3 rings (SSSR count). The number of ether oxygens (including phenoxy) is 1. The van der Waals surface area contributed by atoms with E-state index >= 15 is 0 Å². The lowest BCUT2D eigenvalue weighted by molar-refractivity contribution is -0.154. The van der Waals surface area contributed by atoms with E-state index < -0.39 is 12.1 Å². The molecule has 1 N–H and O–H groups in total. The van der Waals surface area contributed by atoms with Crippen molar-refractivity contribution in [3.63, 3.8) is 0 Å². The summed E-state index contributed by atoms with van der Waals surface area (Å²) in [6.07, 6.45) is 0.759. The molecule has 23 heavy (non-hydrogen) atoms. The number of amides is 1. The molecule has 1 saturated heterocycles. The minimum atomic E-state index is -1.05. The van der Waals surface area contributed by atoms with Crippen LogP contribution in [0.1, 0.15) is 21.7 Å². The fourth-order valence-corrected chi connectivity index (χ4v) is 3.51. The predicted octanol–water partition coefficient (Wildman–Crippen LogP) is 1.48. The number of nitrogens with zero attached hydrogens (tertiary/aromatic N) is 3. The second-order valence-corrected chi connectivity index (χ2v) is 6.26. The Morgan fingerprint density at radius 3 is 2.87 bits per heavy atom. The van der Waals surface area contributed by atoms with Crippen LogP contribution < -0.4 is 0 Å². The van der Waals surface area contributed by atoms with Crippen molar-refractivity contribution in [2.75, 3.05) is 19.7 Å². The summed E-state index contributed by atoms with van der Waals surface area (Å²) < 4.78 is 7.10. The average Bonchev–Trinajstić information content (AvgIpc) is 3.14. The zero-order valence-corrected chi connectivity index (χ0v) is 13.7. The number of thiazole rings is 1. The number of hydrogen-bond acceptors (Lipinski definition) is 5. The number of aliphatic carboxylic acids is 1. The quantitative estimate of drug-likeness (QED) is 0.918. The third-order valence-electron chi connectivity index (χ3n) is 3.90. The highest BCUT2D eigenvalue weighted by Gasteiger charge is 2.31. The monoisotopic (exact) mass is 335 g/mol. The van der Waals surface area contributed by atoms with Crippen LogP contribution in [0.3, 0.4) is 0 Å². The summed E-state index contributed by atoms with van der Waals surface area (Å²) in [5.41, 5.74) is 2.30. The van der Waals surface area contributed by atoms with Crippen LogP contribution in [0.5, 0.6) is 0 Å². The number of carboxylic acids is 1. The van der Waals surface area contributed by atoms with E-state index in [1.54, 1.807) is 6.20 Å². The minimum Gasteiger partial charge on any atom is -0.479 e. The van der Waals surface area contributed by atoms with Gasteiger partial charge in [0.1, 0.15) is 0 Å². The fourth-order valence-electron chi connectivity index (χ4n) is 2.75. The summed E-state index contributed by atoms with van der Waals surface area (Å²) in [4.78, 5) is 29.7. The number of carbonyl (C=O) groups excluding carboxylic acids is 1. The van der Waals surface area contributed by atoms with E-state index in [4.69, 9.17) is 9.84 Å². The molecule has 0 saturated carbocycles. The standard InChI is InChI=1S/C15H17N3O4S/c1-9-7-11(10(2)18(9)15-16-3-6-23-15)13(19)17-4-5-22-12(8-17)14(20)21/h3,6-7,12H,4-5,8H2,1-2H3,(H,20,21). The Balaban J connectivity index is 1.89. The summed E-state index contributed by atoms with van der Waals surface area (Å²) in [5.74, 6) is -1.22. The lowest BCUT2D eigenvalue weighted by Crippen LogP contribution is -2.48. The van der Waals surface area contributed by atoms with Gasteiger partial charge in [-0.3, -0.25) is 9.36 Å². The van der Waals surface area contributed by atoms with E-state index in [2.05, 4.69) is 4.98 Å². The highest BCUT2D eigenvalue weighted by Crippen LogP contribution is 2.24. The van der Waals surface area contributed by atoms with Crippen molar-refractivity contribution in [3.05, 3.63) is 34.6 Å². The first-order chi connectivity index (χ1) is 11.0. The molecular weight excluding hydrogens is 318 g/mol. The number of aryl methyl sites for hydroxylation is 1. The van der Waals surface area contributed by atoms with Crippen LogP contribution in [0.25, 0.3) is 5.13 Å². The molecule has 2 aromatic heterocycles. The fraction of sp³-hybridized carbons (Fsp3) is 0.400. The zero-order chi connectivity index (χ0) is 16.6. The molecule has 7 nitrogen and oxygen atoms in total. The molecule has 0 bridgehead atoms. The highest BCUT2D eigenvalue weighted by atomic mass is 32.1. The van der Waals surface area contributed by atoms with E-state index in [9.17, 15) is 9.59 Å². The second kappa shape index (κ2) is 6.13. The molecule has 1 amide bonds. The Morgan fingerprint density at radius 1 is 1.43 bits per heavy atom. The first-order valence-corrected chi connectivity index (χ1v) is 8.09. The van der Waals surface area contributed by atoms with Crippen LogP contribution in [0, 0.1) is 13.8 Å². The smallest absolute Gasteiger partial charge is 0.334 e. The molecule has 0 aliphatic carbocycles. The summed E-state index contributed by atoms with van der Waals surface area (Å²) in [5, 5.41) is 11.8. The van der Waals surface area contributed by atoms with Crippen molar-refractivity contribution >= 4 is 23.2 Å². The van der Waals surface area contributed by atoms with Gasteiger partial charge in [0.2, 0.25) is 0 Å². The van der Waals surface area contributed by atoms with Crippen LogP contribution in [-0.2, 0) is 9.53 Å². The van der Waals surface area contributed by atoms with Crippen LogP contribution in [0.2, 0.25) is 0 Å². The Kier molecular flexibility index (Phi) is 4.18. The van der Waals surface area contributed by atoms with Gasteiger partial charge >= 0.3 is 5.97 Å². The molecule has 1 aliphatic heterocycles. The Hall–Kier alpha value is -2.19. The van der Waals surface area contributed by atoms with Gasteiger partial charge in [0.25, 0.3) is 5.91 Å². The van der Waals surface area contributed by atoms with Gasteiger partial charge in [0, 0.05) is 29.5 Å². The van der Waals surface area contributed by atoms with Gasteiger partial charge in [-0.2, -0.15) is 0 Å². The van der Waals surface area contributed by atoms with Crippen molar-refractivity contribution in [1.82, 2.24) is 14.5 Å². The molecule has 3 heterocycles. The average molecular weight is 335 g/mol. The second-order valence-electron chi connectivity index (χ2n) is 5.38. The molecule has 8 heteroatoms.